The van der Waals surface area contributed by atoms with Crippen LogP contribution < -0.4 is 11.1 Å². The van der Waals surface area contributed by atoms with E-state index in [1.54, 1.807) is 26.2 Å². The van der Waals surface area contributed by atoms with Gasteiger partial charge in [-0.1, -0.05) is 23.7 Å². The van der Waals surface area contributed by atoms with Crippen molar-refractivity contribution in [1.82, 2.24) is 14.9 Å². The van der Waals surface area contributed by atoms with Crippen LogP contribution in [0.15, 0.2) is 30.3 Å². The SMILES string of the molecule is CN(C)C(=O)c1cccc(CNc2cc(Cl)nc(N)n2)c1. The van der Waals surface area contributed by atoms with Crippen LogP contribution in [-0.2, 0) is 6.54 Å². The highest BCUT2D eigenvalue weighted by Crippen LogP contribution is 2.14. The second-order valence-corrected chi connectivity index (χ2v) is 5.07. The molecule has 1 heterocycles. The summed E-state index contributed by atoms with van der Waals surface area (Å²) in [6, 6.07) is 8.97. The fourth-order valence-electron chi connectivity index (χ4n) is 1.79. The van der Waals surface area contributed by atoms with Crippen LogP contribution in [0.3, 0.4) is 0 Å². The van der Waals surface area contributed by atoms with E-state index in [0.717, 1.165) is 5.56 Å². The fraction of sp³-hybridized carbons (Fsp3) is 0.214. The van der Waals surface area contributed by atoms with E-state index in [1.165, 1.54) is 4.90 Å². The maximum atomic E-state index is 11.9. The van der Waals surface area contributed by atoms with E-state index in [-0.39, 0.29) is 17.0 Å². The van der Waals surface area contributed by atoms with E-state index in [2.05, 4.69) is 15.3 Å². The summed E-state index contributed by atoms with van der Waals surface area (Å²) in [5.41, 5.74) is 7.12. The largest absolute Gasteiger partial charge is 0.368 e. The van der Waals surface area contributed by atoms with Gasteiger partial charge in [-0.3, -0.25) is 4.79 Å². The van der Waals surface area contributed by atoms with Gasteiger partial charge in [0.25, 0.3) is 5.91 Å². The molecule has 0 atom stereocenters. The second-order valence-electron chi connectivity index (χ2n) is 4.69. The Balaban J connectivity index is 2.10. The zero-order valence-electron chi connectivity index (χ0n) is 11.8. The van der Waals surface area contributed by atoms with Crippen molar-refractivity contribution in [3.05, 3.63) is 46.6 Å². The molecule has 0 aliphatic carbocycles. The third-order valence-corrected chi connectivity index (χ3v) is 2.96. The predicted molar refractivity (Wildman–Crippen MR) is 83.2 cm³/mol. The van der Waals surface area contributed by atoms with Crippen molar-refractivity contribution in [3.63, 3.8) is 0 Å². The molecule has 2 rings (SSSR count). The molecule has 0 aliphatic rings. The highest BCUT2D eigenvalue weighted by atomic mass is 35.5. The van der Waals surface area contributed by atoms with Gasteiger partial charge in [0.05, 0.1) is 0 Å². The summed E-state index contributed by atoms with van der Waals surface area (Å²) in [6.45, 7) is 0.501. The Kier molecular flexibility index (Phi) is 4.59. The molecule has 0 spiro atoms. The number of carbonyl (C=O) groups is 1. The lowest BCUT2D eigenvalue weighted by molar-refractivity contribution is 0.0827. The van der Waals surface area contributed by atoms with E-state index in [4.69, 9.17) is 17.3 Å². The Labute approximate surface area is 128 Å². The number of nitrogen functional groups attached to an aromatic ring is 1. The minimum atomic E-state index is -0.0359. The summed E-state index contributed by atoms with van der Waals surface area (Å²) in [5, 5.41) is 3.38. The number of nitrogens with two attached hydrogens (primary N) is 1. The van der Waals surface area contributed by atoms with Gasteiger partial charge in [-0.2, -0.15) is 4.98 Å². The number of nitrogens with zero attached hydrogens (tertiary/aromatic N) is 3. The molecule has 1 amide bonds. The van der Waals surface area contributed by atoms with Crippen molar-refractivity contribution < 1.29 is 4.79 Å². The van der Waals surface area contributed by atoms with Gasteiger partial charge in [-0.05, 0) is 17.7 Å². The van der Waals surface area contributed by atoms with Gasteiger partial charge in [0.15, 0.2) is 0 Å². The standard InChI is InChI=1S/C14H16ClN5O/c1-20(2)13(21)10-5-3-4-9(6-10)8-17-12-7-11(15)18-14(16)19-12/h3-7H,8H2,1-2H3,(H3,16,17,18,19). The molecular formula is C14H16ClN5O. The number of benzene rings is 1. The number of halogens is 1. The smallest absolute Gasteiger partial charge is 0.253 e. The van der Waals surface area contributed by atoms with Gasteiger partial charge in [-0.15, -0.1) is 0 Å². The molecule has 0 saturated heterocycles. The van der Waals surface area contributed by atoms with E-state index in [9.17, 15) is 4.79 Å². The summed E-state index contributed by atoms with van der Waals surface area (Å²) in [4.78, 5) is 21.3. The van der Waals surface area contributed by atoms with E-state index >= 15 is 0 Å². The lowest BCUT2D eigenvalue weighted by Crippen LogP contribution is -2.21. The normalized spacial score (nSPS) is 10.2. The summed E-state index contributed by atoms with van der Waals surface area (Å²) in [7, 11) is 3.44. The maximum Gasteiger partial charge on any atom is 0.253 e. The minimum Gasteiger partial charge on any atom is -0.368 e. The first-order valence-corrected chi connectivity index (χ1v) is 6.68. The number of aromatic nitrogens is 2. The maximum absolute atomic E-state index is 11.9. The number of amides is 1. The Hall–Kier alpha value is -2.34. The summed E-state index contributed by atoms with van der Waals surface area (Å²) < 4.78 is 0. The first kappa shape index (κ1) is 15.1. The molecule has 1 aromatic heterocycles. The molecule has 6 nitrogen and oxygen atoms in total. The molecule has 110 valence electrons. The summed E-state index contributed by atoms with van der Waals surface area (Å²) >= 11 is 5.81. The van der Waals surface area contributed by atoms with Crippen molar-refractivity contribution >= 4 is 29.3 Å². The molecule has 0 aliphatic heterocycles. The third kappa shape index (κ3) is 4.06. The Morgan fingerprint density at radius 1 is 1.33 bits per heavy atom. The number of hydrogen-bond acceptors (Lipinski definition) is 5. The Morgan fingerprint density at radius 2 is 2.10 bits per heavy atom. The highest BCUT2D eigenvalue weighted by Gasteiger charge is 2.08. The molecule has 3 N–H and O–H groups in total. The van der Waals surface area contributed by atoms with Crippen molar-refractivity contribution in [2.45, 2.75) is 6.54 Å². The number of carbonyl (C=O) groups excluding carboxylic acids is 1. The molecule has 0 fully saturated rings. The van der Waals surface area contributed by atoms with Crippen molar-refractivity contribution in [1.29, 1.82) is 0 Å². The molecule has 0 unspecified atom stereocenters. The van der Waals surface area contributed by atoms with Crippen LogP contribution in [-0.4, -0.2) is 34.9 Å². The topological polar surface area (TPSA) is 84.1 Å². The lowest BCUT2D eigenvalue weighted by Gasteiger charge is -2.12. The molecule has 0 radical (unpaired) electrons. The minimum absolute atomic E-state index is 0.0359. The van der Waals surface area contributed by atoms with Gasteiger partial charge < -0.3 is 16.0 Å². The first-order valence-electron chi connectivity index (χ1n) is 6.30. The van der Waals surface area contributed by atoms with Gasteiger partial charge in [0.1, 0.15) is 11.0 Å². The van der Waals surface area contributed by atoms with Crippen LogP contribution >= 0.6 is 11.6 Å². The summed E-state index contributed by atoms with van der Waals surface area (Å²) in [5.74, 6) is 0.615. The molecular weight excluding hydrogens is 290 g/mol. The van der Waals surface area contributed by atoms with Gasteiger partial charge >= 0.3 is 0 Å². The summed E-state index contributed by atoms with van der Waals surface area (Å²) in [6.07, 6.45) is 0. The Bertz CT molecular complexity index is 639. The number of anilines is 2. The van der Waals surface area contributed by atoms with Crippen LogP contribution in [0.4, 0.5) is 11.8 Å². The van der Waals surface area contributed by atoms with Crippen molar-refractivity contribution in [2.24, 2.45) is 0 Å². The fourth-order valence-corrected chi connectivity index (χ4v) is 1.98. The van der Waals surface area contributed by atoms with Crippen LogP contribution in [0.5, 0.6) is 0 Å². The molecule has 0 saturated carbocycles. The van der Waals surface area contributed by atoms with E-state index in [1.807, 2.05) is 18.2 Å². The number of nitrogens with one attached hydrogen (secondary N) is 1. The van der Waals surface area contributed by atoms with Crippen LogP contribution in [0.25, 0.3) is 0 Å². The van der Waals surface area contributed by atoms with Gasteiger partial charge in [-0.25, -0.2) is 4.98 Å². The zero-order valence-corrected chi connectivity index (χ0v) is 12.6. The lowest BCUT2D eigenvalue weighted by atomic mass is 10.1. The Morgan fingerprint density at radius 3 is 2.76 bits per heavy atom. The highest BCUT2D eigenvalue weighted by molar-refractivity contribution is 6.29. The van der Waals surface area contributed by atoms with E-state index < -0.39 is 0 Å². The second kappa shape index (κ2) is 6.41. The molecule has 21 heavy (non-hydrogen) atoms. The van der Waals surface area contributed by atoms with Gasteiger partial charge in [0, 0.05) is 32.3 Å². The molecule has 0 bridgehead atoms. The number of rotatable bonds is 4. The monoisotopic (exact) mass is 305 g/mol. The van der Waals surface area contributed by atoms with Crippen LogP contribution in [0, 0.1) is 0 Å². The van der Waals surface area contributed by atoms with E-state index in [0.29, 0.717) is 17.9 Å². The quantitative estimate of drug-likeness (QED) is 0.844. The predicted octanol–water partition coefficient (Wildman–Crippen LogP) is 2.03. The average molecular weight is 306 g/mol. The average Bonchev–Trinajstić information content (AvgIpc) is 2.43. The third-order valence-electron chi connectivity index (χ3n) is 2.77. The van der Waals surface area contributed by atoms with Crippen molar-refractivity contribution in [3.8, 4) is 0 Å². The molecule has 7 heteroatoms. The molecule has 1 aromatic carbocycles. The van der Waals surface area contributed by atoms with Gasteiger partial charge in [0.2, 0.25) is 5.95 Å². The molecule has 2 aromatic rings. The van der Waals surface area contributed by atoms with Crippen molar-refractivity contribution in [2.75, 3.05) is 25.1 Å². The van der Waals surface area contributed by atoms with Crippen LogP contribution in [0.1, 0.15) is 15.9 Å². The number of hydrogen-bond donors (Lipinski definition) is 2. The van der Waals surface area contributed by atoms with Crippen LogP contribution in [0.2, 0.25) is 5.15 Å². The first-order chi connectivity index (χ1) is 9.95. The zero-order chi connectivity index (χ0) is 15.4.